The number of hydrogen-bond acceptors (Lipinski definition) is 4. The minimum absolute atomic E-state index is 0.230. The summed E-state index contributed by atoms with van der Waals surface area (Å²) in [7, 11) is 1.48. The van der Waals surface area contributed by atoms with Gasteiger partial charge in [-0.1, -0.05) is 6.07 Å². The van der Waals surface area contributed by atoms with Crippen LogP contribution in [0.15, 0.2) is 18.2 Å². The number of nitrogens with two attached hydrogens (primary N) is 1. The molecule has 19 heavy (non-hydrogen) atoms. The Morgan fingerprint density at radius 3 is 2.47 bits per heavy atom. The SMILES string of the molecule is COc1ccc([C@H](C)N)c(OCCOC(F)(F)F)c1. The summed E-state index contributed by atoms with van der Waals surface area (Å²) in [5, 5.41) is 0. The molecule has 108 valence electrons. The van der Waals surface area contributed by atoms with E-state index in [2.05, 4.69) is 4.74 Å². The van der Waals surface area contributed by atoms with Crippen LogP contribution in [0.4, 0.5) is 13.2 Å². The van der Waals surface area contributed by atoms with Gasteiger partial charge in [0.25, 0.3) is 0 Å². The number of ether oxygens (including phenoxy) is 3. The van der Waals surface area contributed by atoms with Gasteiger partial charge in [-0.3, -0.25) is 4.74 Å². The van der Waals surface area contributed by atoms with Crippen LogP contribution in [0.1, 0.15) is 18.5 Å². The average molecular weight is 279 g/mol. The minimum Gasteiger partial charge on any atom is -0.497 e. The number of methoxy groups -OCH3 is 1. The van der Waals surface area contributed by atoms with E-state index in [1.807, 2.05) is 0 Å². The average Bonchev–Trinajstić information content (AvgIpc) is 2.33. The van der Waals surface area contributed by atoms with E-state index < -0.39 is 13.0 Å². The molecule has 0 radical (unpaired) electrons. The third-order valence-corrected chi connectivity index (χ3v) is 2.32. The number of alkyl halides is 3. The molecule has 4 nitrogen and oxygen atoms in total. The summed E-state index contributed by atoms with van der Waals surface area (Å²) in [6, 6.07) is 4.69. The zero-order chi connectivity index (χ0) is 14.5. The third kappa shape index (κ3) is 5.35. The van der Waals surface area contributed by atoms with Crippen molar-refractivity contribution in [2.75, 3.05) is 20.3 Å². The van der Waals surface area contributed by atoms with Gasteiger partial charge in [-0.15, -0.1) is 13.2 Å². The van der Waals surface area contributed by atoms with E-state index in [0.29, 0.717) is 17.1 Å². The second kappa shape index (κ2) is 6.63. The molecule has 0 aliphatic carbocycles. The maximum Gasteiger partial charge on any atom is 0.522 e. The van der Waals surface area contributed by atoms with Gasteiger partial charge in [0.1, 0.15) is 18.1 Å². The van der Waals surface area contributed by atoms with Crippen LogP contribution in [0.2, 0.25) is 0 Å². The molecule has 0 aliphatic rings. The molecule has 1 aromatic rings. The Balaban J connectivity index is 2.65. The van der Waals surface area contributed by atoms with Crippen LogP contribution in [-0.2, 0) is 4.74 Å². The smallest absolute Gasteiger partial charge is 0.497 e. The van der Waals surface area contributed by atoms with Crippen molar-refractivity contribution in [3.63, 3.8) is 0 Å². The molecular formula is C12H16F3NO3. The van der Waals surface area contributed by atoms with Crippen molar-refractivity contribution in [3.8, 4) is 11.5 Å². The molecule has 0 fully saturated rings. The first-order chi connectivity index (χ1) is 8.83. The molecule has 0 amide bonds. The van der Waals surface area contributed by atoms with Crippen molar-refractivity contribution >= 4 is 0 Å². The quantitative estimate of drug-likeness (QED) is 0.813. The molecule has 2 N–H and O–H groups in total. The van der Waals surface area contributed by atoms with Gasteiger partial charge in [0.05, 0.1) is 13.7 Å². The summed E-state index contributed by atoms with van der Waals surface area (Å²) in [6.07, 6.45) is -4.65. The molecule has 0 bridgehead atoms. The number of benzene rings is 1. The zero-order valence-electron chi connectivity index (χ0n) is 10.7. The summed E-state index contributed by atoms with van der Waals surface area (Å²) in [5.74, 6) is 0.927. The van der Waals surface area contributed by atoms with E-state index in [0.717, 1.165) is 0 Å². The van der Waals surface area contributed by atoms with E-state index in [1.165, 1.54) is 7.11 Å². The van der Waals surface area contributed by atoms with E-state index in [-0.39, 0.29) is 12.6 Å². The van der Waals surface area contributed by atoms with Gasteiger partial charge in [-0.05, 0) is 13.0 Å². The van der Waals surface area contributed by atoms with Crippen molar-refractivity contribution in [2.45, 2.75) is 19.3 Å². The molecule has 0 spiro atoms. The van der Waals surface area contributed by atoms with Gasteiger partial charge in [-0.25, -0.2) is 0 Å². The molecule has 1 aromatic carbocycles. The first-order valence-corrected chi connectivity index (χ1v) is 5.60. The van der Waals surface area contributed by atoms with E-state index in [1.54, 1.807) is 25.1 Å². The Morgan fingerprint density at radius 2 is 1.95 bits per heavy atom. The van der Waals surface area contributed by atoms with Gasteiger partial charge in [-0.2, -0.15) is 0 Å². The highest BCUT2D eigenvalue weighted by Gasteiger charge is 2.28. The normalized spacial score (nSPS) is 13.2. The summed E-state index contributed by atoms with van der Waals surface area (Å²) in [6.45, 7) is 0.937. The van der Waals surface area contributed by atoms with Crippen LogP contribution < -0.4 is 15.2 Å². The highest BCUT2D eigenvalue weighted by Crippen LogP contribution is 2.28. The lowest BCUT2D eigenvalue weighted by Gasteiger charge is -2.15. The molecule has 0 aromatic heterocycles. The fraction of sp³-hybridized carbons (Fsp3) is 0.500. The number of rotatable bonds is 6. The van der Waals surface area contributed by atoms with Gasteiger partial charge in [0, 0.05) is 17.7 Å². The van der Waals surface area contributed by atoms with Crippen LogP contribution >= 0.6 is 0 Å². The Hall–Kier alpha value is -1.47. The summed E-state index contributed by atoms with van der Waals surface area (Å²) >= 11 is 0. The maximum atomic E-state index is 11.8. The van der Waals surface area contributed by atoms with Crippen LogP contribution in [-0.4, -0.2) is 26.7 Å². The maximum absolute atomic E-state index is 11.8. The van der Waals surface area contributed by atoms with Gasteiger partial charge < -0.3 is 15.2 Å². The Kier molecular flexibility index (Phi) is 5.44. The lowest BCUT2D eigenvalue weighted by Crippen LogP contribution is -2.18. The molecule has 1 atom stereocenters. The Morgan fingerprint density at radius 1 is 1.26 bits per heavy atom. The highest BCUT2D eigenvalue weighted by molar-refractivity contribution is 5.42. The van der Waals surface area contributed by atoms with Crippen LogP contribution in [0.3, 0.4) is 0 Å². The molecular weight excluding hydrogens is 263 g/mol. The first-order valence-electron chi connectivity index (χ1n) is 5.60. The molecule has 0 saturated heterocycles. The predicted octanol–water partition coefficient (Wildman–Crippen LogP) is 2.63. The van der Waals surface area contributed by atoms with Crippen molar-refractivity contribution in [3.05, 3.63) is 23.8 Å². The predicted molar refractivity (Wildman–Crippen MR) is 63.1 cm³/mol. The van der Waals surface area contributed by atoms with Crippen LogP contribution in [0.5, 0.6) is 11.5 Å². The third-order valence-electron chi connectivity index (χ3n) is 2.32. The van der Waals surface area contributed by atoms with Crippen LogP contribution in [0.25, 0.3) is 0 Å². The van der Waals surface area contributed by atoms with Crippen molar-refractivity contribution < 1.29 is 27.4 Å². The summed E-state index contributed by atoms with van der Waals surface area (Å²) in [4.78, 5) is 0. The molecule has 1 rings (SSSR count). The zero-order valence-corrected chi connectivity index (χ0v) is 10.7. The van der Waals surface area contributed by atoms with Gasteiger partial charge >= 0.3 is 6.36 Å². The van der Waals surface area contributed by atoms with Crippen molar-refractivity contribution in [2.24, 2.45) is 5.73 Å². The monoisotopic (exact) mass is 279 g/mol. The fourth-order valence-electron chi connectivity index (χ4n) is 1.45. The lowest BCUT2D eigenvalue weighted by atomic mass is 10.1. The Labute approximate surface area is 109 Å². The minimum atomic E-state index is -4.65. The van der Waals surface area contributed by atoms with Crippen molar-refractivity contribution in [1.82, 2.24) is 0 Å². The number of hydrogen-bond donors (Lipinski definition) is 1. The van der Waals surface area contributed by atoms with E-state index in [4.69, 9.17) is 15.2 Å². The first kappa shape index (κ1) is 15.6. The lowest BCUT2D eigenvalue weighted by molar-refractivity contribution is -0.325. The Bertz CT molecular complexity index is 408. The molecule has 0 unspecified atom stereocenters. The van der Waals surface area contributed by atoms with Gasteiger partial charge in [0.2, 0.25) is 0 Å². The second-order valence-electron chi connectivity index (χ2n) is 3.84. The summed E-state index contributed by atoms with van der Waals surface area (Å²) < 4.78 is 49.3. The van der Waals surface area contributed by atoms with E-state index in [9.17, 15) is 13.2 Å². The molecule has 0 aliphatic heterocycles. The van der Waals surface area contributed by atoms with E-state index >= 15 is 0 Å². The fourth-order valence-corrected chi connectivity index (χ4v) is 1.45. The van der Waals surface area contributed by atoms with Gasteiger partial charge in [0.15, 0.2) is 0 Å². The largest absolute Gasteiger partial charge is 0.522 e. The van der Waals surface area contributed by atoms with Crippen LogP contribution in [0, 0.1) is 0 Å². The standard InChI is InChI=1S/C12H16F3NO3/c1-8(16)10-4-3-9(17-2)7-11(10)18-5-6-19-12(13,14)15/h3-4,7-8H,5-6,16H2,1-2H3/t8-/m0/s1. The highest BCUT2D eigenvalue weighted by atomic mass is 19.4. The molecule has 0 saturated carbocycles. The topological polar surface area (TPSA) is 53.7 Å². The summed E-state index contributed by atoms with van der Waals surface area (Å²) in [5.41, 5.74) is 6.44. The number of halogens is 3. The van der Waals surface area contributed by atoms with Crippen molar-refractivity contribution in [1.29, 1.82) is 0 Å². The molecule has 7 heteroatoms. The second-order valence-corrected chi connectivity index (χ2v) is 3.84. The molecule has 0 heterocycles.